The highest BCUT2D eigenvalue weighted by atomic mass is 32.1. The Morgan fingerprint density at radius 2 is 1.96 bits per heavy atom. The van der Waals surface area contributed by atoms with Crippen LogP contribution in [0.4, 0.5) is 5.69 Å². The molecule has 0 bridgehead atoms. The molecule has 2 aromatic rings. The molecule has 0 aliphatic rings. The van der Waals surface area contributed by atoms with Gasteiger partial charge in [-0.15, -0.1) is 11.3 Å². The molecule has 1 aromatic heterocycles. The van der Waals surface area contributed by atoms with Crippen LogP contribution in [-0.4, -0.2) is 23.9 Å². The van der Waals surface area contributed by atoms with Crippen LogP contribution in [0.2, 0.25) is 0 Å². The number of carbonyl (C=O) groups excluding carboxylic acids is 3. The Kier molecular flexibility index (Phi) is 6.30. The molecule has 1 unspecified atom stereocenters. The monoisotopic (exact) mass is 360 g/mol. The second-order valence-electron chi connectivity index (χ2n) is 5.52. The zero-order chi connectivity index (χ0) is 18.4. The molecule has 0 aliphatic heterocycles. The number of para-hydroxylation sites is 1. The van der Waals surface area contributed by atoms with E-state index in [2.05, 4.69) is 10.6 Å². The third kappa shape index (κ3) is 5.15. The Bertz CT molecular complexity index is 771. The maximum atomic E-state index is 12.4. The van der Waals surface area contributed by atoms with Crippen LogP contribution in [0.1, 0.15) is 34.6 Å². The number of amides is 2. The van der Waals surface area contributed by atoms with Crippen molar-refractivity contribution in [3.8, 4) is 0 Å². The van der Waals surface area contributed by atoms with E-state index in [1.165, 1.54) is 25.2 Å². The first kappa shape index (κ1) is 18.7. The second-order valence-corrected chi connectivity index (χ2v) is 6.56. The smallest absolute Gasteiger partial charge is 0.341 e. The number of ether oxygens (including phenoxy) is 1. The average molecular weight is 360 g/mol. The van der Waals surface area contributed by atoms with E-state index < -0.39 is 12.1 Å². The van der Waals surface area contributed by atoms with E-state index in [1.54, 1.807) is 25.1 Å². The van der Waals surface area contributed by atoms with Gasteiger partial charge in [0.1, 0.15) is 0 Å². The first-order valence-corrected chi connectivity index (χ1v) is 8.64. The van der Waals surface area contributed by atoms with Gasteiger partial charge in [-0.1, -0.05) is 18.2 Å². The molecule has 25 heavy (non-hydrogen) atoms. The molecule has 6 nitrogen and oxygen atoms in total. The first-order valence-electron chi connectivity index (χ1n) is 7.76. The lowest BCUT2D eigenvalue weighted by atomic mass is 10.1. The lowest BCUT2D eigenvalue weighted by Gasteiger charge is -2.16. The van der Waals surface area contributed by atoms with Gasteiger partial charge in [0, 0.05) is 11.8 Å². The fourth-order valence-electron chi connectivity index (χ4n) is 2.19. The number of rotatable bonds is 6. The predicted octanol–water partition coefficient (Wildman–Crippen LogP) is 2.88. The van der Waals surface area contributed by atoms with Gasteiger partial charge in [-0.3, -0.25) is 9.59 Å². The highest BCUT2D eigenvalue weighted by Gasteiger charge is 2.21. The van der Waals surface area contributed by atoms with E-state index in [0.717, 1.165) is 10.4 Å². The topological polar surface area (TPSA) is 84.5 Å². The Balaban J connectivity index is 2.02. The van der Waals surface area contributed by atoms with Crippen molar-refractivity contribution in [1.29, 1.82) is 0 Å². The number of thiophene rings is 1. The molecule has 0 saturated heterocycles. The number of aryl methyl sites for hydroxylation is 1. The molecule has 0 saturated carbocycles. The largest absolute Gasteiger partial charge is 0.449 e. The van der Waals surface area contributed by atoms with Crippen molar-refractivity contribution < 1.29 is 19.1 Å². The molecular weight excluding hydrogens is 340 g/mol. The van der Waals surface area contributed by atoms with Crippen LogP contribution >= 0.6 is 11.3 Å². The molecule has 2 rings (SSSR count). The van der Waals surface area contributed by atoms with E-state index in [0.29, 0.717) is 12.2 Å². The minimum atomic E-state index is -0.946. The highest BCUT2D eigenvalue weighted by Crippen LogP contribution is 2.22. The minimum Gasteiger partial charge on any atom is -0.449 e. The van der Waals surface area contributed by atoms with Crippen LogP contribution in [0, 0.1) is 6.92 Å². The quantitative estimate of drug-likeness (QED) is 0.776. The maximum absolute atomic E-state index is 12.4. The normalized spacial score (nSPS) is 11.5. The van der Waals surface area contributed by atoms with Gasteiger partial charge in [0.2, 0.25) is 5.91 Å². The van der Waals surface area contributed by atoms with Crippen molar-refractivity contribution in [3.05, 3.63) is 51.7 Å². The molecule has 1 aromatic carbocycles. The molecule has 0 radical (unpaired) electrons. The van der Waals surface area contributed by atoms with Crippen molar-refractivity contribution in [2.75, 3.05) is 5.32 Å². The summed E-state index contributed by atoms with van der Waals surface area (Å²) in [6.07, 6.45) is -0.946. The summed E-state index contributed by atoms with van der Waals surface area (Å²) in [5, 5.41) is 7.28. The van der Waals surface area contributed by atoms with E-state index in [9.17, 15) is 14.4 Å². The highest BCUT2D eigenvalue weighted by molar-refractivity contribution is 7.09. The minimum absolute atomic E-state index is 0.216. The lowest BCUT2D eigenvalue weighted by molar-refractivity contribution is -0.129. The van der Waals surface area contributed by atoms with Gasteiger partial charge in [0.05, 0.1) is 17.8 Å². The maximum Gasteiger partial charge on any atom is 0.341 e. The summed E-state index contributed by atoms with van der Waals surface area (Å²) in [4.78, 5) is 36.8. The summed E-state index contributed by atoms with van der Waals surface area (Å²) in [5.74, 6) is -1.33. The molecule has 0 spiro atoms. The summed E-state index contributed by atoms with van der Waals surface area (Å²) in [6, 6.07) is 8.83. The molecule has 0 fully saturated rings. The third-order valence-electron chi connectivity index (χ3n) is 3.46. The van der Waals surface area contributed by atoms with Crippen LogP contribution < -0.4 is 10.6 Å². The van der Waals surface area contributed by atoms with E-state index in [4.69, 9.17) is 4.74 Å². The van der Waals surface area contributed by atoms with Crippen molar-refractivity contribution in [3.63, 3.8) is 0 Å². The van der Waals surface area contributed by atoms with E-state index in [-0.39, 0.29) is 17.4 Å². The first-order chi connectivity index (χ1) is 11.9. The van der Waals surface area contributed by atoms with Crippen molar-refractivity contribution >= 4 is 34.8 Å². The molecule has 0 aliphatic carbocycles. The Morgan fingerprint density at radius 1 is 1.20 bits per heavy atom. The van der Waals surface area contributed by atoms with Crippen LogP contribution in [-0.2, 0) is 20.9 Å². The van der Waals surface area contributed by atoms with Gasteiger partial charge in [-0.25, -0.2) is 4.79 Å². The number of hydrogen-bond acceptors (Lipinski definition) is 5. The zero-order valence-electron chi connectivity index (χ0n) is 14.3. The van der Waals surface area contributed by atoms with Gasteiger partial charge in [0.15, 0.2) is 6.10 Å². The van der Waals surface area contributed by atoms with Crippen LogP contribution in [0.3, 0.4) is 0 Å². The predicted molar refractivity (Wildman–Crippen MR) is 96.5 cm³/mol. The molecule has 7 heteroatoms. The van der Waals surface area contributed by atoms with Gasteiger partial charge in [-0.05, 0) is 36.9 Å². The summed E-state index contributed by atoms with van der Waals surface area (Å²) in [6.45, 7) is 5.04. The zero-order valence-corrected chi connectivity index (χ0v) is 15.1. The van der Waals surface area contributed by atoms with Crippen LogP contribution in [0.15, 0.2) is 35.7 Å². The number of esters is 1. The summed E-state index contributed by atoms with van der Waals surface area (Å²) in [7, 11) is 0. The average Bonchev–Trinajstić information content (AvgIpc) is 3.07. The number of hydrogen-bond donors (Lipinski definition) is 2. The van der Waals surface area contributed by atoms with Crippen LogP contribution in [0.25, 0.3) is 0 Å². The number of benzene rings is 1. The van der Waals surface area contributed by atoms with Gasteiger partial charge in [0.25, 0.3) is 5.91 Å². The summed E-state index contributed by atoms with van der Waals surface area (Å²) >= 11 is 1.53. The van der Waals surface area contributed by atoms with Gasteiger partial charge >= 0.3 is 5.97 Å². The standard InChI is InChI=1S/C18H20N2O4S/c1-11-6-4-8-15(16(11)20-13(3)21)18(23)24-12(2)17(22)19-10-14-7-5-9-25-14/h4-9,12H,10H2,1-3H3,(H,19,22)(H,20,21). The molecule has 1 heterocycles. The Morgan fingerprint density at radius 3 is 2.60 bits per heavy atom. The third-order valence-corrected chi connectivity index (χ3v) is 4.34. The van der Waals surface area contributed by atoms with Gasteiger partial charge < -0.3 is 15.4 Å². The van der Waals surface area contributed by atoms with Crippen molar-refractivity contribution in [1.82, 2.24) is 5.32 Å². The van der Waals surface area contributed by atoms with Crippen molar-refractivity contribution in [2.45, 2.75) is 33.4 Å². The van der Waals surface area contributed by atoms with Crippen LogP contribution in [0.5, 0.6) is 0 Å². The molecule has 2 amide bonds. The van der Waals surface area contributed by atoms with E-state index >= 15 is 0 Å². The number of nitrogens with one attached hydrogen (secondary N) is 2. The summed E-state index contributed by atoms with van der Waals surface area (Å²) < 4.78 is 5.25. The fourth-order valence-corrected chi connectivity index (χ4v) is 2.83. The fraction of sp³-hybridized carbons (Fsp3) is 0.278. The number of anilines is 1. The Labute approximate surface area is 150 Å². The lowest BCUT2D eigenvalue weighted by Crippen LogP contribution is -2.35. The SMILES string of the molecule is CC(=O)Nc1c(C)cccc1C(=O)OC(C)C(=O)NCc1cccs1. The number of carbonyl (C=O) groups is 3. The summed E-state index contributed by atoms with van der Waals surface area (Å²) in [5.41, 5.74) is 1.35. The molecular formula is C18H20N2O4S. The van der Waals surface area contributed by atoms with E-state index in [1.807, 2.05) is 17.5 Å². The molecule has 2 N–H and O–H groups in total. The van der Waals surface area contributed by atoms with Gasteiger partial charge in [-0.2, -0.15) is 0 Å². The molecule has 1 atom stereocenters. The van der Waals surface area contributed by atoms with Crippen molar-refractivity contribution in [2.24, 2.45) is 0 Å². The Hall–Kier alpha value is -2.67. The second kappa shape index (κ2) is 8.43. The molecule has 132 valence electrons.